The topological polar surface area (TPSA) is 90.3 Å². The van der Waals surface area contributed by atoms with Gasteiger partial charge in [-0.1, -0.05) is 29.8 Å². The summed E-state index contributed by atoms with van der Waals surface area (Å²) in [5, 5.41) is 7.90. The normalized spacial score (nSPS) is 17.4. The van der Waals surface area contributed by atoms with Crippen LogP contribution in [-0.4, -0.2) is 42.7 Å². The minimum atomic E-state index is -3.11. The van der Waals surface area contributed by atoms with Crippen LogP contribution >= 0.6 is 11.6 Å². The molecule has 7 nitrogen and oxygen atoms in total. The van der Waals surface area contributed by atoms with E-state index >= 15 is 0 Å². The number of halogens is 1. The molecule has 162 valence electrons. The summed E-state index contributed by atoms with van der Waals surface area (Å²) in [6.45, 7) is 0.265. The molecule has 9 heteroatoms. The summed E-state index contributed by atoms with van der Waals surface area (Å²) in [5.41, 5.74) is 2.53. The molecule has 0 spiro atoms. The fourth-order valence-electron chi connectivity index (χ4n) is 3.64. The Morgan fingerprint density at radius 2 is 1.97 bits per heavy atom. The van der Waals surface area contributed by atoms with Crippen LogP contribution in [0.25, 0.3) is 11.3 Å². The molecule has 0 unspecified atom stereocenters. The highest BCUT2D eigenvalue weighted by atomic mass is 35.5. The van der Waals surface area contributed by atoms with Crippen molar-refractivity contribution < 1.29 is 17.9 Å². The number of hydrogen-bond donors (Lipinski definition) is 1. The van der Waals surface area contributed by atoms with Gasteiger partial charge in [-0.2, -0.15) is 5.10 Å². The highest BCUT2D eigenvalue weighted by Gasteiger charge is 2.32. The molecule has 2 aromatic carbocycles. The van der Waals surface area contributed by atoms with Gasteiger partial charge in [-0.05, 0) is 48.4 Å². The van der Waals surface area contributed by atoms with Gasteiger partial charge in [-0.15, -0.1) is 0 Å². The molecule has 1 fully saturated rings. The fraction of sp³-hybridized carbons (Fsp3) is 0.273. The number of methoxy groups -OCH3 is 1. The number of hydrogen-bond acceptors (Lipinski definition) is 5. The molecule has 1 aliphatic rings. The van der Waals surface area contributed by atoms with E-state index in [0.29, 0.717) is 22.9 Å². The van der Waals surface area contributed by atoms with Gasteiger partial charge in [0, 0.05) is 17.1 Å². The molecule has 1 atom stereocenters. The Kier molecular flexibility index (Phi) is 6.02. The van der Waals surface area contributed by atoms with Crippen LogP contribution in [0.4, 0.5) is 0 Å². The Morgan fingerprint density at radius 3 is 2.61 bits per heavy atom. The second kappa shape index (κ2) is 8.72. The molecule has 4 rings (SSSR count). The number of carbonyl (C=O) groups is 1. The predicted octanol–water partition coefficient (Wildman–Crippen LogP) is 3.50. The van der Waals surface area contributed by atoms with Gasteiger partial charge in [-0.25, -0.2) is 8.42 Å². The van der Waals surface area contributed by atoms with E-state index in [2.05, 4.69) is 10.4 Å². The van der Waals surface area contributed by atoms with Crippen LogP contribution in [-0.2, 0) is 16.4 Å². The van der Waals surface area contributed by atoms with Crippen molar-refractivity contribution in [2.24, 2.45) is 0 Å². The quantitative estimate of drug-likeness (QED) is 0.609. The average Bonchev–Trinajstić information content (AvgIpc) is 3.36. The third kappa shape index (κ3) is 4.75. The van der Waals surface area contributed by atoms with Crippen LogP contribution in [0, 0.1) is 0 Å². The van der Waals surface area contributed by atoms with Crippen LogP contribution in [0.3, 0.4) is 0 Å². The Bertz CT molecular complexity index is 1210. The van der Waals surface area contributed by atoms with E-state index in [-0.39, 0.29) is 35.7 Å². The molecule has 0 radical (unpaired) electrons. The maximum Gasteiger partial charge on any atom is 0.272 e. The van der Waals surface area contributed by atoms with Gasteiger partial charge in [0.25, 0.3) is 5.91 Å². The van der Waals surface area contributed by atoms with E-state index in [1.165, 1.54) is 0 Å². The SMILES string of the molecule is COc1ccc(-c2cc(C(=O)NCc3ccccc3Cl)nn2[C@H]2CCS(=O)(=O)C2)cc1. The van der Waals surface area contributed by atoms with Gasteiger partial charge >= 0.3 is 0 Å². The van der Waals surface area contributed by atoms with Crippen molar-refractivity contribution in [2.75, 3.05) is 18.6 Å². The van der Waals surface area contributed by atoms with Crippen molar-refractivity contribution in [1.82, 2.24) is 15.1 Å². The Hall–Kier alpha value is -2.84. The summed E-state index contributed by atoms with van der Waals surface area (Å²) in [4.78, 5) is 12.8. The Morgan fingerprint density at radius 1 is 1.23 bits per heavy atom. The minimum Gasteiger partial charge on any atom is -0.497 e. The zero-order chi connectivity index (χ0) is 22.0. The van der Waals surface area contributed by atoms with Crippen LogP contribution in [0.15, 0.2) is 54.6 Å². The van der Waals surface area contributed by atoms with E-state index in [1.54, 1.807) is 23.9 Å². The van der Waals surface area contributed by atoms with Crippen molar-refractivity contribution in [3.63, 3.8) is 0 Å². The van der Waals surface area contributed by atoms with Crippen molar-refractivity contribution in [2.45, 2.75) is 19.0 Å². The first-order valence-electron chi connectivity index (χ1n) is 9.82. The van der Waals surface area contributed by atoms with Crippen LogP contribution in [0.2, 0.25) is 5.02 Å². The standard InChI is InChI=1S/C22H22ClN3O4S/c1-30-18-8-6-15(7-9-18)21-12-20(25-26(21)17-10-11-31(28,29)14-17)22(27)24-13-16-4-2-3-5-19(16)23/h2-9,12,17H,10-11,13-14H2,1H3,(H,24,27)/t17-/m0/s1. The number of benzene rings is 2. The maximum atomic E-state index is 12.8. The predicted molar refractivity (Wildman–Crippen MR) is 119 cm³/mol. The number of rotatable bonds is 6. The van der Waals surface area contributed by atoms with Crippen molar-refractivity contribution in [3.8, 4) is 17.0 Å². The molecule has 1 saturated heterocycles. The van der Waals surface area contributed by atoms with E-state index in [0.717, 1.165) is 11.1 Å². The van der Waals surface area contributed by atoms with Crippen molar-refractivity contribution in [1.29, 1.82) is 0 Å². The maximum absolute atomic E-state index is 12.8. The van der Waals surface area contributed by atoms with Gasteiger partial charge in [0.15, 0.2) is 15.5 Å². The molecule has 0 aliphatic carbocycles. The van der Waals surface area contributed by atoms with Gasteiger partial charge in [-0.3, -0.25) is 9.48 Å². The zero-order valence-electron chi connectivity index (χ0n) is 16.9. The molecule has 0 bridgehead atoms. The highest BCUT2D eigenvalue weighted by Crippen LogP contribution is 2.31. The lowest BCUT2D eigenvalue weighted by Gasteiger charge is -2.13. The van der Waals surface area contributed by atoms with Gasteiger partial charge in [0.1, 0.15) is 5.75 Å². The number of ether oxygens (including phenoxy) is 1. The minimum absolute atomic E-state index is 0.0124. The molecule has 1 aromatic heterocycles. The fourth-order valence-corrected chi connectivity index (χ4v) is 5.53. The largest absolute Gasteiger partial charge is 0.497 e. The lowest BCUT2D eigenvalue weighted by molar-refractivity contribution is 0.0945. The molecule has 0 saturated carbocycles. The first-order valence-corrected chi connectivity index (χ1v) is 12.0. The average molecular weight is 460 g/mol. The summed E-state index contributed by atoms with van der Waals surface area (Å²) >= 11 is 6.16. The van der Waals surface area contributed by atoms with Crippen LogP contribution in [0.1, 0.15) is 28.5 Å². The summed E-state index contributed by atoms with van der Waals surface area (Å²) in [5.74, 6) is 0.483. The third-order valence-electron chi connectivity index (χ3n) is 5.31. The first kappa shape index (κ1) is 21.4. The number of aromatic nitrogens is 2. The second-order valence-electron chi connectivity index (χ2n) is 7.42. The van der Waals surface area contributed by atoms with E-state index in [4.69, 9.17) is 16.3 Å². The summed E-state index contributed by atoms with van der Waals surface area (Å²) in [7, 11) is -1.52. The lowest BCUT2D eigenvalue weighted by atomic mass is 10.1. The monoisotopic (exact) mass is 459 g/mol. The Labute approximate surface area is 185 Å². The molecule has 1 aliphatic heterocycles. The number of nitrogens with one attached hydrogen (secondary N) is 1. The molecule has 31 heavy (non-hydrogen) atoms. The van der Waals surface area contributed by atoms with Gasteiger partial charge < -0.3 is 10.1 Å². The molecular weight excluding hydrogens is 438 g/mol. The van der Waals surface area contributed by atoms with Gasteiger partial charge in [0.05, 0.1) is 30.4 Å². The number of sulfone groups is 1. The summed E-state index contributed by atoms with van der Waals surface area (Å²) in [6.07, 6.45) is 0.466. The van der Waals surface area contributed by atoms with E-state index < -0.39 is 9.84 Å². The third-order valence-corrected chi connectivity index (χ3v) is 7.42. The smallest absolute Gasteiger partial charge is 0.272 e. The van der Waals surface area contributed by atoms with Gasteiger partial charge in [0.2, 0.25) is 0 Å². The van der Waals surface area contributed by atoms with E-state index in [1.807, 2.05) is 42.5 Å². The molecule has 3 aromatic rings. The number of carbonyl (C=O) groups excluding carboxylic acids is 1. The van der Waals surface area contributed by atoms with Crippen molar-refractivity contribution >= 4 is 27.3 Å². The Balaban J connectivity index is 1.63. The van der Waals surface area contributed by atoms with E-state index in [9.17, 15) is 13.2 Å². The number of amides is 1. The molecule has 1 amide bonds. The highest BCUT2D eigenvalue weighted by molar-refractivity contribution is 7.91. The zero-order valence-corrected chi connectivity index (χ0v) is 18.5. The molecular formula is C22H22ClN3O4S. The summed E-state index contributed by atoms with van der Waals surface area (Å²) < 4.78 is 30.9. The van der Waals surface area contributed by atoms with Crippen LogP contribution < -0.4 is 10.1 Å². The molecule has 1 N–H and O–H groups in total. The molecule has 2 heterocycles. The van der Waals surface area contributed by atoms with Crippen molar-refractivity contribution in [3.05, 3.63) is 70.9 Å². The first-order chi connectivity index (χ1) is 14.9. The van der Waals surface area contributed by atoms with Crippen LogP contribution in [0.5, 0.6) is 5.75 Å². The summed E-state index contributed by atoms with van der Waals surface area (Å²) in [6, 6.07) is 16.0. The number of nitrogens with zero attached hydrogens (tertiary/aromatic N) is 2. The second-order valence-corrected chi connectivity index (χ2v) is 10.1. The lowest BCUT2D eigenvalue weighted by Crippen LogP contribution is -2.24.